The lowest BCUT2D eigenvalue weighted by Gasteiger charge is -2.09. The number of amides is 2. The Bertz CT molecular complexity index is 472. The summed E-state index contributed by atoms with van der Waals surface area (Å²) in [5, 5.41) is 5.32. The molecule has 0 unspecified atom stereocenters. The SMILES string of the molecule is C=CC(=O)NCCNC(=O)c1cccc(Br)c1C. The van der Waals surface area contributed by atoms with Crippen molar-refractivity contribution in [1.82, 2.24) is 10.6 Å². The summed E-state index contributed by atoms with van der Waals surface area (Å²) >= 11 is 3.38. The van der Waals surface area contributed by atoms with Crippen LogP contribution in [0.5, 0.6) is 0 Å². The lowest BCUT2D eigenvalue weighted by atomic mass is 10.1. The standard InChI is InChI=1S/C13H15BrN2O2/c1-3-12(17)15-7-8-16-13(18)10-5-4-6-11(14)9(10)2/h3-6H,1,7-8H2,2H3,(H,15,17)(H,16,18). The van der Waals surface area contributed by atoms with Crippen LogP contribution in [0.4, 0.5) is 0 Å². The van der Waals surface area contributed by atoms with Crippen molar-refractivity contribution in [3.05, 3.63) is 46.5 Å². The molecule has 0 aliphatic heterocycles. The molecule has 0 heterocycles. The van der Waals surface area contributed by atoms with Crippen LogP contribution in [-0.2, 0) is 4.79 Å². The largest absolute Gasteiger partial charge is 0.351 e. The zero-order valence-corrected chi connectivity index (χ0v) is 11.7. The van der Waals surface area contributed by atoms with Crippen molar-refractivity contribution in [2.45, 2.75) is 6.92 Å². The van der Waals surface area contributed by atoms with Crippen molar-refractivity contribution in [2.24, 2.45) is 0 Å². The van der Waals surface area contributed by atoms with E-state index in [0.29, 0.717) is 18.7 Å². The molecule has 18 heavy (non-hydrogen) atoms. The molecule has 2 amide bonds. The van der Waals surface area contributed by atoms with Gasteiger partial charge in [0.25, 0.3) is 5.91 Å². The Morgan fingerprint density at radius 1 is 1.33 bits per heavy atom. The van der Waals surface area contributed by atoms with E-state index < -0.39 is 0 Å². The summed E-state index contributed by atoms with van der Waals surface area (Å²) in [5.74, 6) is -0.399. The molecule has 0 spiro atoms. The minimum absolute atomic E-state index is 0.151. The fraction of sp³-hybridized carbons (Fsp3) is 0.231. The third-order valence-corrected chi connectivity index (χ3v) is 3.27. The first-order valence-corrected chi connectivity index (χ1v) is 6.29. The number of hydrogen-bond acceptors (Lipinski definition) is 2. The molecule has 0 aromatic heterocycles. The fourth-order valence-electron chi connectivity index (χ4n) is 1.38. The number of benzene rings is 1. The first kappa shape index (κ1) is 14.4. The highest BCUT2D eigenvalue weighted by Gasteiger charge is 2.09. The molecule has 0 aliphatic rings. The smallest absolute Gasteiger partial charge is 0.251 e. The molecule has 0 atom stereocenters. The second-order valence-electron chi connectivity index (χ2n) is 3.66. The lowest BCUT2D eigenvalue weighted by molar-refractivity contribution is -0.116. The molecule has 0 bridgehead atoms. The second-order valence-corrected chi connectivity index (χ2v) is 4.52. The molecule has 1 aromatic rings. The number of carbonyl (C=O) groups excluding carboxylic acids is 2. The minimum atomic E-state index is -0.247. The first-order chi connectivity index (χ1) is 8.56. The van der Waals surface area contributed by atoms with E-state index in [1.165, 1.54) is 6.08 Å². The number of hydrogen-bond donors (Lipinski definition) is 2. The average molecular weight is 311 g/mol. The van der Waals surface area contributed by atoms with Crippen LogP contribution in [-0.4, -0.2) is 24.9 Å². The molecule has 1 rings (SSSR count). The molecule has 2 N–H and O–H groups in total. The number of carbonyl (C=O) groups is 2. The summed E-state index contributed by atoms with van der Waals surface area (Å²) in [4.78, 5) is 22.7. The predicted molar refractivity (Wildman–Crippen MR) is 74.4 cm³/mol. The Balaban J connectivity index is 2.48. The Kier molecular flexibility index (Phi) is 5.58. The van der Waals surface area contributed by atoms with E-state index in [9.17, 15) is 9.59 Å². The molecule has 0 fully saturated rings. The molecular formula is C13H15BrN2O2. The van der Waals surface area contributed by atoms with Crippen LogP contribution in [0.2, 0.25) is 0 Å². The van der Waals surface area contributed by atoms with Gasteiger partial charge in [0.05, 0.1) is 0 Å². The zero-order valence-electron chi connectivity index (χ0n) is 10.1. The van der Waals surface area contributed by atoms with E-state index in [4.69, 9.17) is 0 Å². The van der Waals surface area contributed by atoms with Crippen LogP contribution in [0.25, 0.3) is 0 Å². The second kappa shape index (κ2) is 6.96. The zero-order chi connectivity index (χ0) is 13.5. The van der Waals surface area contributed by atoms with Gasteiger partial charge in [0.2, 0.25) is 5.91 Å². The Labute approximate surface area is 115 Å². The lowest BCUT2D eigenvalue weighted by Crippen LogP contribution is -2.34. The maximum absolute atomic E-state index is 11.9. The molecule has 5 heteroatoms. The van der Waals surface area contributed by atoms with Crippen LogP contribution >= 0.6 is 15.9 Å². The maximum atomic E-state index is 11.9. The fourth-order valence-corrected chi connectivity index (χ4v) is 1.75. The van der Waals surface area contributed by atoms with E-state index in [1.54, 1.807) is 6.07 Å². The van der Waals surface area contributed by atoms with Crippen LogP contribution < -0.4 is 10.6 Å². The molecule has 0 saturated carbocycles. The van der Waals surface area contributed by atoms with Gasteiger partial charge in [0.1, 0.15) is 0 Å². The van der Waals surface area contributed by atoms with Gasteiger partial charge < -0.3 is 10.6 Å². The molecular weight excluding hydrogens is 296 g/mol. The van der Waals surface area contributed by atoms with E-state index in [2.05, 4.69) is 33.1 Å². The van der Waals surface area contributed by atoms with E-state index >= 15 is 0 Å². The van der Waals surface area contributed by atoms with Crippen molar-refractivity contribution in [2.75, 3.05) is 13.1 Å². The third-order valence-electron chi connectivity index (χ3n) is 2.41. The van der Waals surface area contributed by atoms with Gasteiger partial charge in [-0.2, -0.15) is 0 Å². The summed E-state index contributed by atoms with van der Waals surface area (Å²) < 4.78 is 0.898. The van der Waals surface area contributed by atoms with Crippen molar-refractivity contribution in [3.63, 3.8) is 0 Å². The summed E-state index contributed by atoms with van der Waals surface area (Å²) in [6, 6.07) is 5.46. The van der Waals surface area contributed by atoms with Crippen LogP contribution in [0.3, 0.4) is 0 Å². The van der Waals surface area contributed by atoms with Crippen molar-refractivity contribution in [3.8, 4) is 0 Å². The summed E-state index contributed by atoms with van der Waals surface area (Å²) in [7, 11) is 0. The number of nitrogens with one attached hydrogen (secondary N) is 2. The topological polar surface area (TPSA) is 58.2 Å². The van der Waals surface area contributed by atoms with Crippen LogP contribution in [0.15, 0.2) is 35.3 Å². The van der Waals surface area contributed by atoms with E-state index in [-0.39, 0.29) is 11.8 Å². The summed E-state index contributed by atoms with van der Waals surface area (Å²) in [6.07, 6.45) is 1.19. The first-order valence-electron chi connectivity index (χ1n) is 5.50. The van der Waals surface area contributed by atoms with E-state index in [1.807, 2.05) is 19.1 Å². The maximum Gasteiger partial charge on any atom is 0.251 e. The van der Waals surface area contributed by atoms with Crippen molar-refractivity contribution in [1.29, 1.82) is 0 Å². The van der Waals surface area contributed by atoms with Gasteiger partial charge >= 0.3 is 0 Å². The van der Waals surface area contributed by atoms with Crippen LogP contribution in [0.1, 0.15) is 15.9 Å². The normalized spacial score (nSPS) is 9.67. The molecule has 0 aliphatic carbocycles. The predicted octanol–water partition coefficient (Wildman–Crippen LogP) is 1.79. The van der Waals surface area contributed by atoms with Crippen LogP contribution in [0, 0.1) is 6.92 Å². The Morgan fingerprint density at radius 2 is 2.00 bits per heavy atom. The summed E-state index contributed by atoms with van der Waals surface area (Å²) in [6.45, 7) is 5.97. The van der Waals surface area contributed by atoms with Gasteiger partial charge in [-0.1, -0.05) is 28.6 Å². The minimum Gasteiger partial charge on any atom is -0.351 e. The van der Waals surface area contributed by atoms with Gasteiger partial charge in [-0.05, 0) is 30.7 Å². The highest BCUT2D eigenvalue weighted by Crippen LogP contribution is 2.19. The van der Waals surface area contributed by atoms with E-state index in [0.717, 1.165) is 10.0 Å². The Morgan fingerprint density at radius 3 is 2.67 bits per heavy atom. The van der Waals surface area contributed by atoms with Gasteiger partial charge in [-0.25, -0.2) is 0 Å². The molecule has 0 saturated heterocycles. The van der Waals surface area contributed by atoms with Crippen molar-refractivity contribution >= 4 is 27.7 Å². The molecule has 0 radical (unpaired) electrons. The summed E-state index contributed by atoms with van der Waals surface area (Å²) in [5.41, 5.74) is 1.52. The van der Waals surface area contributed by atoms with Gasteiger partial charge in [0, 0.05) is 23.1 Å². The van der Waals surface area contributed by atoms with Gasteiger partial charge in [0.15, 0.2) is 0 Å². The van der Waals surface area contributed by atoms with Gasteiger partial charge in [-0.3, -0.25) is 9.59 Å². The molecule has 1 aromatic carbocycles. The van der Waals surface area contributed by atoms with Crippen molar-refractivity contribution < 1.29 is 9.59 Å². The average Bonchev–Trinajstić information content (AvgIpc) is 2.37. The highest BCUT2D eigenvalue weighted by molar-refractivity contribution is 9.10. The Hall–Kier alpha value is -1.62. The number of rotatable bonds is 5. The third kappa shape index (κ3) is 4.00. The molecule has 4 nitrogen and oxygen atoms in total. The molecule has 96 valence electrons. The highest BCUT2D eigenvalue weighted by atomic mass is 79.9. The monoisotopic (exact) mass is 310 g/mol. The van der Waals surface area contributed by atoms with Gasteiger partial charge in [-0.15, -0.1) is 0 Å². The quantitative estimate of drug-likeness (QED) is 0.643. The number of halogens is 1.